The van der Waals surface area contributed by atoms with Gasteiger partial charge in [-0.3, -0.25) is 4.79 Å². The maximum atomic E-state index is 13.3. The van der Waals surface area contributed by atoms with E-state index in [1.54, 1.807) is 41.1 Å². The van der Waals surface area contributed by atoms with Crippen molar-refractivity contribution in [1.29, 1.82) is 0 Å². The Morgan fingerprint density at radius 2 is 1.48 bits per heavy atom. The lowest BCUT2D eigenvalue weighted by Crippen LogP contribution is -2.66. The van der Waals surface area contributed by atoms with Crippen molar-refractivity contribution in [2.75, 3.05) is 27.9 Å². The number of carbonyl (C=O) groups excluding carboxylic acids is 2. The van der Waals surface area contributed by atoms with E-state index in [2.05, 4.69) is 13.0 Å². The van der Waals surface area contributed by atoms with Gasteiger partial charge in [0.05, 0.1) is 54.9 Å². The van der Waals surface area contributed by atoms with E-state index >= 15 is 0 Å². The lowest BCUT2D eigenvalue weighted by atomic mass is 9.45. The molecule has 15 heteroatoms. The van der Waals surface area contributed by atoms with Gasteiger partial charge in [0.2, 0.25) is 0 Å². The summed E-state index contributed by atoms with van der Waals surface area (Å²) < 4.78 is 62.1. The molecule has 15 unspecified atom stereocenters. The van der Waals surface area contributed by atoms with E-state index in [9.17, 15) is 24.9 Å². The number of rotatable bonds is 13. The molecule has 3 saturated carbocycles. The van der Waals surface area contributed by atoms with Crippen LogP contribution in [0.15, 0.2) is 23.3 Å². The van der Waals surface area contributed by atoms with Crippen molar-refractivity contribution in [1.82, 2.24) is 0 Å². The molecule has 3 aliphatic heterocycles. The minimum Gasteiger partial charge on any atom is -0.458 e. The molecule has 63 heavy (non-hydrogen) atoms. The molecule has 0 aromatic carbocycles. The minimum absolute atomic E-state index is 0.0340. The molecule has 3 N–H and O–H groups in total. The SMILES string of the molecule is C/C=C(\C)C(=O)O[C@@H]1CC2C(CC=C3C[C@@H](OC4CC(OC)C(OC5CC(OC)C(OC6OC(C)C(O)CC6(O)COC)C(C)O5)C(C)O4)CC[C@@]32C)[C@@]2(O)CCC(C(C)=O)[C@@]12C. The number of aliphatic hydroxyl groups excluding tert-OH is 1. The first kappa shape index (κ1) is 49.1. The third kappa shape index (κ3) is 8.90. The molecule has 0 radical (unpaired) electrons. The first-order valence-electron chi connectivity index (χ1n) is 23.4. The van der Waals surface area contributed by atoms with Crippen molar-refractivity contribution < 1.29 is 72.3 Å². The fraction of sp³-hybridized carbons (Fsp3) is 0.875. The van der Waals surface area contributed by atoms with Crippen LogP contribution in [0, 0.1) is 28.6 Å². The van der Waals surface area contributed by atoms with E-state index in [-0.39, 0.29) is 54.2 Å². The van der Waals surface area contributed by atoms with Crippen LogP contribution in [0.5, 0.6) is 0 Å². The Bertz CT molecular complexity index is 1700. The van der Waals surface area contributed by atoms with E-state index in [0.717, 1.165) is 19.3 Å². The molecular formula is C48H76O15. The second kappa shape index (κ2) is 19.0. The number of ketones is 1. The summed E-state index contributed by atoms with van der Waals surface area (Å²) in [5, 5.41) is 34.6. The monoisotopic (exact) mass is 893 g/mol. The van der Waals surface area contributed by atoms with E-state index < -0.39 is 90.3 Å². The quantitative estimate of drug-likeness (QED) is 0.126. The zero-order valence-electron chi connectivity index (χ0n) is 39.4. The highest BCUT2D eigenvalue weighted by Gasteiger charge is 2.71. The zero-order valence-corrected chi connectivity index (χ0v) is 39.4. The average molecular weight is 893 g/mol. The zero-order chi connectivity index (χ0) is 45.8. The maximum Gasteiger partial charge on any atom is 0.333 e. The van der Waals surface area contributed by atoms with Crippen molar-refractivity contribution in [3.05, 3.63) is 23.3 Å². The average Bonchev–Trinajstić information content (AvgIpc) is 3.53. The molecular weight excluding hydrogens is 817 g/mol. The van der Waals surface area contributed by atoms with E-state index in [0.29, 0.717) is 44.1 Å². The van der Waals surface area contributed by atoms with Gasteiger partial charge < -0.3 is 62.7 Å². The van der Waals surface area contributed by atoms with Gasteiger partial charge in [0, 0.05) is 57.5 Å². The number of hydrogen-bond donors (Lipinski definition) is 3. The van der Waals surface area contributed by atoms with Crippen molar-refractivity contribution >= 4 is 11.8 Å². The fourth-order valence-corrected chi connectivity index (χ4v) is 13.0. The summed E-state index contributed by atoms with van der Waals surface area (Å²) >= 11 is 0. The number of Topliss-reactive ketones (excluding diaryl/α,β-unsaturated/α-hetero) is 1. The molecule has 0 bridgehead atoms. The Labute approximate surface area is 373 Å². The minimum atomic E-state index is -1.57. The summed E-state index contributed by atoms with van der Waals surface area (Å²) in [7, 11) is 4.74. The molecule has 7 rings (SSSR count). The van der Waals surface area contributed by atoms with Gasteiger partial charge in [-0.1, -0.05) is 31.6 Å². The second-order valence-electron chi connectivity index (χ2n) is 20.4. The van der Waals surface area contributed by atoms with Gasteiger partial charge in [0.25, 0.3) is 0 Å². The van der Waals surface area contributed by atoms with Crippen LogP contribution in [0.25, 0.3) is 0 Å². The van der Waals surface area contributed by atoms with Crippen molar-refractivity contribution in [2.45, 2.75) is 211 Å². The predicted octanol–water partition coefficient (Wildman–Crippen LogP) is 5.09. The van der Waals surface area contributed by atoms with Gasteiger partial charge in [-0.05, 0) is 104 Å². The number of carbonyl (C=O) groups is 2. The molecule has 15 nitrogen and oxygen atoms in total. The van der Waals surface area contributed by atoms with Crippen LogP contribution >= 0.6 is 0 Å². The number of aliphatic hydroxyl groups is 3. The molecule has 20 atom stereocenters. The lowest BCUT2D eigenvalue weighted by Gasteiger charge is -2.63. The first-order valence-corrected chi connectivity index (χ1v) is 23.4. The molecule has 4 aliphatic carbocycles. The summed E-state index contributed by atoms with van der Waals surface area (Å²) in [5.41, 5.74) is -2.01. The van der Waals surface area contributed by atoms with Gasteiger partial charge in [0.15, 0.2) is 18.9 Å². The summed E-state index contributed by atoms with van der Waals surface area (Å²) in [5.74, 6) is -0.728. The Morgan fingerprint density at radius 1 is 0.841 bits per heavy atom. The fourth-order valence-electron chi connectivity index (χ4n) is 13.0. The van der Waals surface area contributed by atoms with Crippen LogP contribution in [-0.2, 0) is 57.0 Å². The molecule has 0 spiro atoms. The number of hydrogen-bond acceptors (Lipinski definition) is 15. The summed E-state index contributed by atoms with van der Waals surface area (Å²) in [6.07, 6.45) is 2.45. The molecule has 0 aromatic heterocycles. The summed E-state index contributed by atoms with van der Waals surface area (Å²) in [6.45, 7) is 14.9. The maximum absolute atomic E-state index is 13.3. The van der Waals surface area contributed by atoms with Gasteiger partial charge in [-0.25, -0.2) is 4.79 Å². The third-order valence-electron chi connectivity index (χ3n) is 16.9. The molecule has 7 aliphatic rings. The predicted molar refractivity (Wildman–Crippen MR) is 228 cm³/mol. The standard InChI is InChI=1S/C48H76O15/c1-12-25(2)43(51)61-38-20-34-33(48(53)18-16-32(26(3)49)46(38,48)8)14-13-30-19-31(15-17-45(30,34)7)60-39-21-36(55-10)41(28(5)57-39)62-40-22-37(56-11)42(29(6)58-40)63-44-47(52,24-54-9)23-35(50)27(4)59-44/h12-13,27-29,31-42,44,50,52-53H,14-24H2,1-11H3/b25-12+/t27?,28?,29?,31-,32?,33?,34?,35?,36?,37?,38+,39?,40?,41?,42?,44?,45-,46-,47?,48-/m0/s1. The summed E-state index contributed by atoms with van der Waals surface area (Å²) in [6, 6.07) is 0. The smallest absolute Gasteiger partial charge is 0.333 e. The summed E-state index contributed by atoms with van der Waals surface area (Å²) in [4.78, 5) is 26.4. The Morgan fingerprint density at radius 3 is 2.08 bits per heavy atom. The van der Waals surface area contributed by atoms with Crippen LogP contribution in [0.4, 0.5) is 0 Å². The second-order valence-corrected chi connectivity index (χ2v) is 20.4. The first-order chi connectivity index (χ1) is 29.8. The van der Waals surface area contributed by atoms with Crippen LogP contribution in [0.3, 0.4) is 0 Å². The van der Waals surface area contributed by atoms with Crippen LogP contribution in [0.2, 0.25) is 0 Å². The molecule has 0 aromatic rings. The number of fused-ring (bicyclic) bond motifs is 5. The number of esters is 1. The number of allylic oxidation sites excluding steroid dienone is 2. The Hall–Kier alpha value is -1.86. The molecule has 3 heterocycles. The number of ether oxygens (including phenoxy) is 10. The van der Waals surface area contributed by atoms with Gasteiger partial charge in [0.1, 0.15) is 29.7 Å². The third-order valence-corrected chi connectivity index (χ3v) is 16.9. The van der Waals surface area contributed by atoms with Crippen molar-refractivity contribution in [2.24, 2.45) is 28.6 Å². The van der Waals surface area contributed by atoms with Gasteiger partial charge in [-0.2, -0.15) is 0 Å². The largest absolute Gasteiger partial charge is 0.458 e. The van der Waals surface area contributed by atoms with Crippen LogP contribution in [-0.4, -0.2) is 146 Å². The lowest BCUT2D eigenvalue weighted by molar-refractivity contribution is -0.359. The Kier molecular flexibility index (Phi) is 14.8. The Balaban J connectivity index is 0.983. The highest BCUT2D eigenvalue weighted by molar-refractivity contribution is 5.88. The van der Waals surface area contributed by atoms with E-state index in [4.69, 9.17) is 47.4 Å². The van der Waals surface area contributed by atoms with Crippen LogP contribution in [0.1, 0.15) is 120 Å². The highest BCUT2D eigenvalue weighted by atomic mass is 16.8. The molecule has 6 fully saturated rings. The molecule has 0 amide bonds. The van der Waals surface area contributed by atoms with E-state index in [1.807, 2.05) is 27.7 Å². The van der Waals surface area contributed by atoms with Crippen LogP contribution < -0.4 is 0 Å². The van der Waals surface area contributed by atoms with E-state index in [1.165, 1.54) is 12.7 Å². The molecule has 358 valence electrons. The van der Waals surface area contributed by atoms with Crippen molar-refractivity contribution in [3.63, 3.8) is 0 Å². The highest BCUT2D eigenvalue weighted by Crippen LogP contribution is 2.68. The number of methoxy groups -OCH3 is 3. The van der Waals surface area contributed by atoms with Gasteiger partial charge >= 0.3 is 5.97 Å². The van der Waals surface area contributed by atoms with Crippen molar-refractivity contribution in [3.8, 4) is 0 Å². The molecule has 3 saturated heterocycles. The van der Waals surface area contributed by atoms with Gasteiger partial charge in [-0.15, -0.1) is 0 Å². The topological polar surface area (TPSA) is 187 Å². The normalized spacial score (nSPS) is 49.0.